The number of esters is 1. The number of halogens is 2. The molecule has 0 spiro atoms. The summed E-state index contributed by atoms with van der Waals surface area (Å²) in [6.45, 7) is 1.24. The van der Waals surface area contributed by atoms with Crippen molar-refractivity contribution in [1.82, 2.24) is 0 Å². The van der Waals surface area contributed by atoms with Crippen LogP contribution in [0.25, 0.3) is 0 Å². The van der Waals surface area contributed by atoms with Crippen LogP contribution in [0.2, 0.25) is 0 Å². The van der Waals surface area contributed by atoms with Crippen molar-refractivity contribution < 1.29 is 28.0 Å². The molecule has 0 saturated heterocycles. The second kappa shape index (κ2) is 7.55. The number of carbonyl (C=O) groups excluding carboxylic acids is 2. The molecule has 0 bridgehead atoms. The molecular weight excluding hydrogens is 352 g/mol. The summed E-state index contributed by atoms with van der Waals surface area (Å²) in [5.41, 5.74) is 4.86. The first-order chi connectivity index (χ1) is 12.2. The number of nitrogens with one attached hydrogen (secondary N) is 1. The maximum absolute atomic E-state index is 13.1. The van der Waals surface area contributed by atoms with Gasteiger partial charge in [-0.15, -0.1) is 0 Å². The Labute approximate surface area is 145 Å². The molecule has 0 unspecified atom stereocenters. The Morgan fingerprint density at radius 2 is 1.88 bits per heavy atom. The van der Waals surface area contributed by atoms with Gasteiger partial charge in [0.1, 0.15) is 0 Å². The summed E-state index contributed by atoms with van der Waals surface area (Å²) in [6, 6.07) is 5.93. The molecule has 1 atom stereocenters. The number of nitro groups is 1. The standard InChI is InChI=1S/C16H13F2N3O5/c1-8(15(22)20-9-2-4-12(17)13(18)6-9)26-16(23)11-7-10(21(24)25)3-5-14(11)19/h2-8H,19H2,1H3,(H,20,22)/t8-/m0/s1. The van der Waals surface area contributed by atoms with Gasteiger partial charge < -0.3 is 15.8 Å². The molecule has 0 saturated carbocycles. The molecule has 8 nitrogen and oxygen atoms in total. The van der Waals surface area contributed by atoms with Gasteiger partial charge in [0.05, 0.1) is 10.5 Å². The van der Waals surface area contributed by atoms with E-state index in [1.165, 1.54) is 13.0 Å². The average molecular weight is 365 g/mol. The lowest BCUT2D eigenvalue weighted by atomic mass is 10.1. The highest BCUT2D eigenvalue weighted by atomic mass is 19.2. The third kappa shape index (κ3) is 4.29. The van der Waals surface area contributed by atoms with Crippen molar-refractivity contribution >= 4 is 28.9 Å². The van der Waals surface area contributed by atoms with Crippen molar-refractivity contribution in [2.24, 2.45) is 0 Å². The van der Waals surface area contributed by atoms with Crippen LogP contribution in [0.5, 0.6) is 0 Å². The lowest BCUT2D eigenvalue weighted by Gasteiger charge is -2.14. The maximum Gasteiger partial charge on any atom is 0.341 e. The number of nitro benzene ring substituents is 1. The SMILES string of the molecule is C[C@H](OC(=O)c1cc([N+](=O)[O-])ccc1N)C(=O)Nc1ccc(F)c(F)c1. The van der Waals surface area contributed by atoms with Gasteiger partial charge in [-0.3, -0.25) is 14.9 Å². The summed E-state index contributed by atoms with van der Waals surface area (Å²) in [7, 11) is 0. The molecule has 0 fully saturated rings. The second-order valence-electron chi connectivity index (χ2n) is 5.19. The van der Waals surface area contributed by atoms with Crippen LogP contribution < -0.4 is 11.1 Å². The second-order valence-corrected chi connectivity index (χ2v) is 5.19. The number of carbonyl (C=O) groups is 2. The van der Waals surface area contributed by atoms with Crippen molar-refractivity contribution in [3.8, 4) is 0 Å². The van der Waals surface area contributed by atoms with Gasteiger partial charge in [0.25, 0.3) is 11.6 Å². The number of nitrogens with zero attached hydrogens (tertiary/aromatic N) is 1. The molecular formula is C16H13F2N3O5. The molecule has 0 radical (unpaired) electrons. The van der Waals surface area contributed by atoms with E-state index in [-0.39, 0.29) is 22.6 Å². The summed E-state index contributed by atoms with van der Waals surface area (Å²) in [6.07, 6.45) is -1.32. The zero-order chi connectivity index (χ0) is 19.4. The molecule has 0 aliphatic heterocycles. The predicted octanol–water partition coefficient (Wildman–Crippen LogP) is 2.64. The number of rotatable bonds is 5. The van der Waals surface area contributed by atoms with Gasteiger partial charge in [0.2, 0.25) is 0 Å². The number of benzene rings is 2. The van der Waals surface area contributed by atoms with Crippen molar-refractivity contribution in [2.45, 2.75) is 13.0 Å². The number of hydrogen-bond donors (Lipinski definition) is 2. The maximum atomic E-state index is 13.1. The molecule has 10 heteroatoms. The number of nitrogens with two attached hydrogens (primary N) is 1. The van der Waals surface area contributed by atoms with Crippen LogP contribution in [0.1, 0.15) is 17.3 Å². The van der Waals surface area contributed by atoms with E-state index in [0.717, 1.165) is 30.3 Å². The highest BCUT2D eigenvalue weighted by Gasteiger charge is 2.22. The predicted molar refractivity (Wildman–Crippen MR) is 87.4 cm³/mol. The van der Waals surface area contributed by atoms with E-state index >= 15 is 0 Å². The smallest absolute Gasteiger partial charge is 0.341 e. The number of non-ortho nitro benzene ring substituents is 1. The average Bonchev–Trinajstić information content (AvgIpc) is 2.58. The first-order valence-electron chi connectivity index (χ1n) is 7.20. The number of nitrogen functional groups attached to an aromatic ring is 1. The normalized spacial score (nSPS) is 11.5. The summed E-state index contributed by atoms with van der Waals surface area (Å²) in [5.74, 6) is -4.09. The van der Waals surface area contributed by atoms with E-state index < -0.39 is 34.5 Å². The molecule has 2 aromatic carbocycles. The van der Waals surface area contributed by atoms with Crippen LogP contribution in [-0.2, 0) is 9.53 Å². The lowest BCUT2D eigenvalue weighted by Crippen LogP contribution is -2.30. The van der Waals surface area contributed by atoms with E-state index in [4.69, 9.17) is 10.5 Å². The lowest BCUT2D eigenvalue weighted by molar-refractivity contribution is -0.384. The molecule has 3 N–H and O–H groups in total. The number of anilines is 2. The topological polar surface area (TPSA) is 125 Å². The number of amides is 1. The van der Waals surface area contributed by atoms with Crippen LogP contribution >= 0.6 is 0 Å². The summed E-state index contributed by atoms with van der Waals surface area (Å²) in [4.78, 5) is 34.1. The molecule has 1 amide bonds. The Morgan fingerprint density at radius 1 is 1.19 bits per heavy atom. The van der Waals surface area contributed by atoms with E-state index in [9.17, 15) is 28.5 Å². The van der Waals surface area contributed by atoms with Crippen LogP contribution in [0.3, 0.4) is 0 Å². The molecule has 0 heterocycles. The fourth-order valence-corrected chi connectivity index (χ4v) is 1.93. The summed E-state index contributed by atoms with van der Waals surface area (Å²) >= 11 is 0. The first kappa shape index (κ1) is 18.8. The minimum Gasteiger partial charge on any atom is -0.449 e. The molecule has 2 aromatic rings. The molecule has 136 valence electrons. The van der Waals surface area contributed by atoms with Crippen LogP contribution in [0.4, 0.5) is 25.8 Å². The minimum atomic E-state index is -1.32. The van der Waals surface area contributed by atoms with Gasteiger partial charge in [-0.1, -0.05) is 0 Å². The van der Waals surface area contributed by atoms with Gasteiger partial charge in [0.15, 0.2) is 17.7 Å². The number of ether oxygens (including phenoxy) is 1. The Balaban J connectivity index is 2.08. The zero-order valence-corrected chi connectivity index (χ0v) is 13.4. The van der Waals surface area contributed by atoms with Gasteiger partial charge in [-0.05, 0) is 25.1 Å². The Bertz CT molecular complexity index is 888. The van der Waals surface area contributed by atoms with Gasteiger partial charge >= 0.3 is 5.97 Å². The van der Waals surface area contributed by atoms with Gasteiger partial charge in [-0.2, -0.15) is 0 Å². The Hall–Kier alpha value is -3.56. The van der Waals surface area contributed by atoms with Crippen LogP contribution in [0, 0.1) is 21.7 Å². The third-order valence-corrected chi connectivity index (χ3v) is 3.31. The quantitative estimate of drug-likeness (QED) is 0.363. The van der Waals surface area contributed by atoms with Crippen molar-refractivity contribution in [1.29, 1.82) is 0 Å². The largest absolute Gasteiger partial charge is 0.449 e. The highest BCUT2D eigenvalue weighted by Crippen LogP contribution is 2.21. The number of hydrogen-bond acceptors (Lipinski definition) is 6. The minimum absolute atomic E-state index is 0.0355. The molecule has 0 aliphatic rings. The first-order valence-corrected chi connectivity index (χ1v) is 7.20. The van der Waals surface area contributed by atoms with Crippen LogP contribution in [-0.4, -0.2) is 22.9 Å². The fraction of sp³-hybridized carbons (Fsp3) is 0.125. The zero-order valence-electron chi connectivity index (χ0n) is 13.4. The van der Waals surface area contributed by atoms with Crippen molar-refractivity contribution in [3.05, 3.63) is 63.7 Å². The molecule has 26 heavy (non-hydrogen) atoms. The van der Waals surface area contributed by atoms with E-state index in [0.29, 0.717) is 0 Å². The van der Waals surface area contributed by atoms with E-state index in [1.807, 2.05) is 0 Å². The molecule has 2 rings (SSSR count). The third-order valence-electron chi connectivity index (χ3n) is 3.31. The highest BCUT2D eigenvalue weighted by molar-refractivity contribution is 5.99. The Kier molecular flexibility index (Phi) is 5.45. The van der Waals surface area contributed by atoms with Crippen molar-refractivity contribution in [3.63, 3.8) is 0 Å². The Morgan fingerprint density at radius 3 is 2.50 bits per heavy atom. The van der Waals surface area contributed by atoms with Crippen LogP contribution in [0.15, 0.2) is 36.4 Å². The summed E-state index contributed by atoms with van der Waals surface area (Å²) in [5, 5.41) is 13.0. The van der Waals surface area contributed by atoms with Gasteiger partial charge in [-0.25, -0.2) is 13.6 Å². The van der Waals surface area contributed by atoms with E-state index in [2.05, 4.69) is 5.32 Å². The van der Waals surface area contributed by atoms with Crippen molar-refractivity contribution in [2.75, 3.05) is 11.1 Å². The summed E-state index contributed by atoms with van der Waals surface area (Å²) < 4.78 is 30.9. The van der Waals surface area contributed by atoms with E-state index in [1.54, 1.807) is 0 Å². The van der Waals surface area contributed by atoms with Gasteiger partial charge in [0, 0.05) is 29.6 Å². The monoisotopic (exact) mass is 365 g/mol. The molecule has 0 aliphatic carbocycles. The molecule has 0 aromatic heterocycles. The fourth-order valence-electron chi connectivity index (χ4n) is 1.93.